The number of aliphatic hydroxyl groups is 2. The van der Waals surface area contributed by atoms with Crippen LogP contribution >= 0.6 is 0 Å². The van der Waals surface area contributed by atoms with Crippen molar-refractivity contribution in [1.29, 1.82) is 0 Å². The van der Waals surface area contributed by atoms with E-state index in [0.29, 0.717) is 35.5 Å². The molecule has 4 N–H and O–H groups in total. The summed E-state index contributed by atoms with van der Waals surface area (Å²) in [5.41, 5.74) is 6.36. The first-order valence-electron chi connectivity index (χ1n) is 7.81. The molecule has 24 heavy (non-hydrogen) atoms. The molecule has 0 aliphatic heterocycles. The molecule has 0 saturated heterocycles. The van der Waals surface area contributed by atoms with Crippen LogP contribution in [0.5, 0.6) is 0 Å². The van der Waals surface area contributed by atoms with E-state index in [2.05, 4.69) is 9.97 Å². The van der Waals surface area contributed by atoms with E-state index >= 15 is 0 Å². The van der Waals surface area contributed by atoms with Gasteiger partial charge in [0.2, 0.25) is 0 Å². The number of hydrogen-bond donors (Lipinski definition) is 3. The van der Waals surface area contributed by atoms with E-state index in [1.54, 1.807) is 24.5 Å². The molecule has 4 unspecified atom stereocenters. The minimum absolute atomic E-state index is 0.322. The molecule has 0 radical (unpaired) electrons. The Kier molecular flexibility index (Phi) is 4.53. The largest absolute Gasteiger partial charge is 0.492 e. The van der Waals surface area contributed by atoms with Gasteiger partial charge in [-0.2, -0.15) is 0 Å². The summed E-state index contributed by atoms with van der Waals surface area (Å²) in [5, 5.41) is 21.0. The number of halogens is 1. The molecule has 1 aliphatic rings. The van der Waals surface area contributed by atoms with Crippen LogP contribution in [-0.4, -0.2) is 49.6 Å². The average molecular weight is 336 g/mol. The van der Waals surface area contributed by atoms with E-state index in [-0.39, 0.29) is 0 Å². The van der Waals surface area contributed by atoms with Crippen LogP contribution in [0.25, 0.3) is 11.0 Å². The van der Waals surface area contributed by atoms with Gasteiger partial charge in [0.15, 0.2) is 5.82 Å². The first-order chi connectivity index (χ1) is 11.4. The van der Waals surface area contributed by atoms with Gasteiger partial charge in [-0.1, -0.05) is 0 Å². The summed E-state index contributed by atoms with van der Waals surface area (Å²) in [6.45, 7) is 3.76. The quantitative estimate of drug-likeness (QED) is 0.713. The number of aromatic nitrogens is 3. The third kappa shape index (κ3) is 2.77. The Morgan fingerprint density at radius 2 is 2.21 bits per heavy atom. The van der Waals surface area contributed by atoms with Crippen molar-refractivity contribution in [3.05, 3.63) is 35.9 Å². The maximum absolute atomic E-state index is 14.3. The van der Waals surface area contributed by atoms with E-state index in [4.69, 9.17) is 10.5 Å². The van der Waals surface area contributed by atoms with Gasteiger partial charge in [-0.05, 0) is 19.9 Å². The molecule has 1 saturated carbocycles. The number of nitrogens with two attached hydrogens (primary N) is 1. The molecule has 2 aromatic heterocycles. The molecule has 0 amide bonds. The van der Waals surface area contributed by atoms with E-state index in [0.717, 1.165) is 0 Å². The third-order valence-electron chi connectivity index (χ3n) is 4.45. The maximum atomic E-state index is 14.3. The summed E-state index contributed by atoms with van der Waals surface area (Å²) in [6, 6.07) is -0.544. The summed E-state index contributed by atoms with van der Waals surface area (Å²) >= 11 is 0. The van der Waals surface area contributed by atoms with Crippen LogP contribution in [0.15, 0.2) is 24.4 Å². The number of aliphatic hydroxyl groups excluding tert-OH is 2. The van der Waals surface area contributed by atoms with Gasteiger partial charge >= 0.3 is 0 Å². The van der Waals surface area contributed by atoms with Crippen LogP contribution in [0.2, 0.25) is 0 Å². The Morgan fingerprint density at radius 3 is 2.92 bits per heavy atom. The van der Waals surface area contributed by atoms with Crippen LogP contribution in [0, 0.1) is 12.7 Å². The van der Waals surface area contributed by atoms with Gasteiger partial charge in [0.1, 0.15) is 30.3 Å². The van der Waals surface area contributed by atoms with Gasteiger partial charge in [0.25, 0.3) is 0 Å². The Hall–Kier alpha value is -2.03. The Bertz CT molecular complexity index is 776. The van der Waals surface area contributed by atoms with Gasteiger partial charge in [0.05, 0.1) is 22.9 Å². The molecule has 2 heterocycles. The van der Waals surface area contributed by atoms with E-state index < -0.39 is 30.2 Å². The highest BCUT2D eigenvalue weighted by Crippen LogP contribution is 2.36. The fraction of sp³-hybridized carbons (Fsp3) is 0.500. The second-order valence-electron chi connectivity index (χ2n) is 6.03. The second-order valence-corrected chi connectivity index (χ2v) is 6.03. The predicted octanol–water partition coefficient (Wildman–Crippen LogP) is 0.793. The van der Waals surface area contributed by atoms with E-state index in [1.807, 2.05) is 0 Å². The number of rotatable bonds is 4. The summed E-state index contributed by atoms with van der Waals surface area (Å²) < 4.78 is 21.5. The number of allylic oxidation sites excluding steroid dienone is 1. The minimum Gasteiger partial charge on any atom is -0.492 e. The number of hydrogen-bond acceptors (Lipinski definition) is 6. The molecule has 8 heteroatoms. The molecule has 7 nitrogen and oxygen atoms in total. The molecular formula is C16H21FN4O3. The summed E-state index contributed by atoms with van der Waals surface area (Å²) in [4.78, 5) is 8.13. The van der Waals surface area contributed by atoms with Crippen molar-refractivity contribution >= 4 is 11.0 Å². The lowest BCUT2D eigenvalue weighted by molar-refractivity contribution is -0.0358. The number of ether oxygens (including phenoxy) is 1. The van der Waals surface area contributed by atoms with Crippen molar-refractivity contribution < 1.29 is 19.3 Å². The SMILES string of the molecule is C/C(=C/CN)OC1CC(n2cc(F)c3c(C)ncnc32)C(O)C1O. The topological polar surface area (TPSA) is 106 Å². The molecule has 130 valence electrons. The first kappa shape index (κ1) is 16.8. The Balaban J connectivity index is 1.93. The van der Waals surface area contributed by atoms with Crippen LogP contribution in [0.3, 0.4) is 0 Å². The van der Waals surface area contributed by atoms with Crippen molar-refractivity contribution in [2.24, 2.45) is 5.73 Å². The predicted molar refractivity (Wildman–Crippen MR) is 85.6 cm³/mol. The summed E-state index contributed by atoms with van der Waals surface area (Å²) in [6.07, 6.45) is 1.88. The van der Waals surface area contributed by atoms with Crippen LogP contribution in [-0.2, 0) is 4.74 Å². The molecule has 4 atom stereocenters. The standard InChI is InChI=1S/C16H21FN4O3/c1-8(3-4-18)24-12-5-11(14(22)15(12)23)21-6-10(17)13-9(2)19-7-20-16(13)21/h3,6-7,11-12,14-15,22-23H,4-5,18H2,1-2H3/b8-3-. The highest BCUT2D eigenvalue weighted by molar-refractivity contribution is 5.79. The summed E-state index contributed by atoms with van der Waals surface area (Å²) in [5.74, 6) is 0.129. The maximum Gasteiger partial charge on any atom is 0.152 e. The number of nitrogens with zero attached hydrogens (tertiary/aromatic N) is 3. The van der Waals surface area contributed by atoms with Crippen molar-refractivity contribution in [3.8, 4) is 0 Å². The van der Waals surface area contributed by atoms with Gasteiger partial charge < -0.3 is 25.3 Å². The van der Waals surface area contributed by atoms with Crippen LogP contribution in [0.1, 0.15) is 25.1 Å². The lowest BCUT2D eigenvalue weighted by Crippen LogP contribution is -2.32. The van der Waals surface area contributed by atoms with Crippen LogP contribution in [0.4, 0.5) is 4.39 Å². The van der Waals surface area contributed by atoms with Crippen molar-refractivity contribution in [3.63, 3.8) is 0 Å². The fourth-order valence-electron chi connectivity index (χ4n) is 3.25. The molecule has 0 spiro atoms. The average Bonchev–Trinajstić information content (AvgIpc) is 3.00. The van der Waals surface area contributed by atoms with Gasteiger partial charge in [-0.25, -0.2) is 14.4 Å². The number of aryl methyl sites for hydroxylation is 1. The monoisotopic (exact) mass is 336 g/mol. The molecular weight excluding hydrogens is 315 g/mol. The van der Waals surface area contributed by atoms with E-state index in [1.165, 1.54) is 12.5 Å². The fourth-order valence-corrected chi connectivity index (χ4v) is 3.25. The Labute approximate surface area is 138 Å². The van der Waals surface area contributed by atoms with Gasteiger partial charge in [-0.3, -0.25) is 0 Å². The van der Waals surface area contributed by atoms with Crippen molar-refractivity contribution in [1.82, 2.24) is 14.5 Å². The Morgan fingerprint density at radius 1 is 1.46 bits per heavy atom. The molecule has 1 aliphatic carbocycles. The smallest absolute Gasteiger partial charge is 0.152 e. The van der Waals surface area contributed by atoms with Gasteiger partial charge in [0, 0.05) is 19.2 Å². The minimum atomic E-state index is -1.09. The van der Waals surface area contributed by atoms with Gasteiger partial charge in [-0.15, -0.1) is 0 Å². The zero-order valence-corrected chi connectivity index (χ0v) is 13.6. The zero-order chi connectivity index (χ0) is 17.4. The van der Waals surface area contributed by atoms with Crippen LogP contribution < -0.4 is 5.73 Å². The first-order valence-corrected chi connectivity index (χ1v) is 7.81. The lowest BCUT2D eigenvalue weighted by Gasteiger charge is -2.19. The van der Waals surface area contributed by atoms with Crippen molar-refractivity contribution in [2.45, 2.75) is 44.6 Å². The molecule has 1 fully saturated rings. The molecule has 0 bridgehead atoms. The van der Waals surface area contributed by atoms with E-state index in [9.17, 15) is 14.6 Å². The highest BCUT2D eigenvalue weighted by atomic mass is 19.1. The summed E-state index contributed by atoms with van der Waals surface area (Å²) in [7, 11) is 0. The molecule has 3 rings (SSSR count). The second kappa shape index (κ2) is 6.46. The van der Waals surface area contributed by atoms with Crippen molar-refractivity contribution in [2.75, 3.05) is 6.54 Å². The molecule has 0 aromatic carbocycles. The number of fused-ring (bicyclic) bond motifs is 1. The third-order valence-corrected chi connectivity index (χ3v) is 4.45. The zero-order valence-electron chi connectivity index (χ0n) is 13.6. The normalized spacial score (nSPS) is 27.8. The lowest BCUT2D eigenvalue weighted by atomic mass is 10.2. The molecule has 2 aromatic rings. The highest BCUT2D eigenvalue weighted by Gasteiger charge is 2.44.